The molecule has 2 heterocycles. The van der Waals surface area contributed by atoms with Gasteiger partial charge in [0.15, 0.2) is 0 Å². The number of para-hydroxylation sites is 1. The van der Waals surface area contributed by atoms with Gasteiger partial charge in [0, 0.05) is 38.0 Å². The van der Waals surface area contributed by atoms with Crippen LogP contribution in [0.4, 0.5) is 10.5 Å². The van der Waals surface area contributed by atoms with E-state index in [-0.39, 0.29) is 12.1 Å². The molecule has 5 heteroatoms. The number of hydrogen-bond acceptors (Lipinski definition) is 3. The van der Waals surface area contributed by atoms with Gasteiger partial charge in [0.1, 0.15) is 0 Å². The first-order chi connectivity index (χ1) is 11.3. The van der Waals surface area contributed by atoms with Gasteiger partial charge in [-0.05, 0) is 44.2 Å². The van der Waals surface area contributed by atoms with E-state index in [2.05, 4.69) is 39.8 Å². The lowest BCUT2D eigenvalue weighted by atomic mass is 10.1. The number of ether oxygens (including phenoxy) is 1. The molecule has 1 aromatic rings. The molecular formula is C18H27N3O2. The third kappa shape index (κ3) is 4.86. The average Bonchev–Trinajstić information content (AvgIpc) is 3.05. The molecule has 2 atom stereocenters. The zero-order valence-corrected chi connectivity index (χ0v) is 13.7. The summed E-state index contributed by atoms with van der Waals surface area (Å²) in [6.07, 6.45) is 5.77. The second kappa shape index (κ2) is 8.20. The van der Waals surface area contributed by atoms with Gasteiger partial charge < -0.3 is 20.3 Å². The van der Waals surface area contributed by atoms with E-state index in [9.17, 15) is 4.79 Å². The maximum atomic E-state index is 12.0. The van der Waals surface area contributed by atoms with Crippen LogP contribution in [0.25, 0.3) is 0 Å². The lowest BCUT2D eigenvalue weighted by Crippen LogP contribution is -2.44. The van der Waals surface area contributed by atoms with Crippen LogP contribution in [-0.2, 0) is 4.74 Å². The largest absolute Gasteiger partial charge is 0.378 e. The van der Waals surface area contributed by atoms with Crippen molar-refractivity contribution in [2.45, 2.75) is 44.2 Å². The number of benzene rings is 1. The Morgan fingerprint density at radius 1 is 1.22 bits per heavy atom. The first-order valence-corrected chi connectivity index (χ1v) is 8.77. The van der Waals surface area contributed by atoms with E-state index in [1.165, 1.54) is 18.5 Å². The SMILES string of the molecule is O=C(NCC[C@@H]1CCCCO1)N[C@H]1CCN(c2ccccc2)C1. The Labute approximate surface area is 138 Å². The molecule has 2 fully saturated rings. The van der Waals surface area contributed by atoms with E-state index in [0.717, 1.165) is 39.0 Å². The standard InChI is InChI=1S/C18H27N3O2/c22-18(19-11-9-17-8-4-5-13-23-17)20-15-10-12-21(14-15)16-6-2-1-3-7-16/h1-3,6-7,15,17H,4-5,8-14H2,(H2,19,20,22)/t15-,17-/m0/s1. The lowest BCUT2D eigenvalue weighted by molar-refractivity contribution is 0.0120. The van der Waals surface area contributed by atoms with Crippen molar-refractivity contribution in [1.29, 1.82) is 0 Å². The number of amides is 2. The molecule has 2 aliphatic heterocycles. The molecule has 2 amide bonds. The minimum Gasteiger partial charge on any atom is -0.378 e. The molecule has 5 nitrogen and oxygen atoms in total. The Bertz CT molecular complexity index is 488. The molecular weight excluding hydrogens is 290 g/mol. The van der Waals surface area contributed by atoms with Gasteiger partial charge in [-0.3, -0.25) is 0 Å². The fourth-order valence-corrected chi connectivity index (χ4v) is 3.37. The van der Waals surface area contributed by atoms with Crippen LogP contribution in [-0.4, -0.2) is 44.4 Å². The van der Waals surface area contributed by atoms with Crippen molar-refractivity contribution in [3.05, 3.63) is 30.3 Å². The van der Waals surface area contributed by atoms with Crippen LogP contribution in [0.3, 0.4) is 0 Å². The van der Waals surface area contributed by atoms with Crippen molar-refractivity contribution in [2.24, 2.45) is 0 Å². The third-order valence-electron chi connectivity index (χ3n) is 4.67. The lowest BCUT2D eigenvalue weighted by Gasteiger charge is -2.23. The van der Waals surface area contributed by atoms with E-state index < -0.39 is 0 Å². The molecule has 2 saturated heterocycles. The average molecular weight is 317 g/mol. The first-order valence-electron chi connectivity index (χ1n) is 8.77. The predicted molar refractivity (Wildman–Crippen MR) is 91.8 cm³/mol. The maximum absolute atomic E-state index is 12.0. The summed E-state index contributed by atoms with van der Waals surface area (Å²) in [6.45, 7) is 3.42. The molecule has 0 radical (unpaired) electrons. The smallest absolute Gasteiger partial charge is 0.315 e. The summed E-state index contributed by atoms with van der Waals surface area (Å²) >= 11 is 0. The van der Waals surface area contributed by atoms with Gasteiger partial charge in [0.05, 0.1) is 6.10 Å². The Balaban J connectivity index is 1.34. The minimum absolute atomic E-state index is 0.0549. The number of carbonyl (C=O) groups excluding carboxylic acids is 1. The van der Waals surface area contributed by atoms with Crippen LogP contribution >= 0.6 is 0 Å². The highest BCUT2D eigenvalue weighted by Gasteiger charge is 2.24. The van der Waals surface area contributed by atoms with Gasteiger partial charge in [0.2, 0.25) is 0 Å². The minimum atomic E-state index is -0.0549. The Kier molecular flexibility index (Phi) is 5.75. The quantitative estimate of drug-likeness (QED) is 0.877. The molecule has 0 unspecified atom stereocenters. The summed E-state index contributed by atoms with van der Waals surface area (Å²) in [4.78, 5) is 14.3. The summed E-state index contributed by atoms with van der Waals surface area (Å²) in [6, 6.07) is 10.5. The van der Waals surface area contributed by atoms with E-state index in [4.69, 9.17) is 4.74 Å². The van der Waals surface area contributed by atoms with Crippen LogP contribution in [0.2, 0.25) is 0 Å². The number of carbonyl (C=O) groups is 1. The zero-order chi connectivity index (χ0) is 15.9. The van der Waals surface area contributed by atoms with Gasteiger partial charge in [-0.2, -0.15) is 0 Å². The number of rotatable bonds is 5. The predicted octanol–water partition coefficient (Wildman–Crippen LogP) is 2.52. The molecule has 0 aliphatic carbocycles. The maximum Gasteiger partial charge on any atom is 0.315 e. The van der Waals surface area contributed by atoms with Gasteiger partial charge in [-0.15, -0.1) is 0 Å². The van der Waals surface area contributed by atoms with E-state index in [0.29, 0.717) is 12.6 Å². The van der Waals surface area contributed by atoms with Crippen molar-refractivity contribution in [3.8, 4) is 0 Å². The van der Waals surface area contributed by atoms with E-state index in [1.54, 1.807) is 0 Å². The molecule has 0 bridgehead atoms. The van der Waals surface area contributed by atoms with E-state index in [1.807, 2.05) is 6.07 Å². The number of nitrogens with zero attached hydrogens (tertiary/aromatic N) is 1. The second-order valence-electron chi connectivity index (χ2n) is 6.44. The summed E-state index contributed by atoms with van der Waals surface area (Å²) in [5.41, 5.74) is 1.23. The number of urea groups is 1. The van der Waals surface area contributed by atoms with Gasteiger partial charge in [0.25, 0.3) is 0 Å². The van der Waals surface area contributed by atoms with Gasteiger partial charge in [-0.1, -0.05) is 18.2 Å². The van der Waals surface area contributed by atoms with Crippen LogP contribution < -0.4 is 15.5 Å². The highest BCUT2D eigenvalue weighted by Crippen LogP contribution is 2.19. The summed E-state index contributed by atoms with van der Waals surface area (Å²) < 4.78 is 5.68. The highest BCUT2D eigenvalue weighted by atomic mass is 16.5. The monoisotopic (exact) mass is 317 g/mol. The number of nitrogens with one attached hydrogen (secondary N) is 2. The third-order valence-corrected chi connectivity index (χ3v) is 4.67. The van der Waals surface area contributed by atoms with Crippen molar-refractivity contribution in [1.82, 2.24) is 10.6 Å². The normalized spacial score (nSPS) is 24.4. The van der Waals surface area contributed by atoms with Crippen LogP contribution in [0.1, 0.15) is 32.1 Å². The molecule has 0 saturated carbocycles. The summed E-state index contributed by atoms with van der Waals surface area (Å²) in [7, 11) is 0. The topological polar surface area (TPSA) is 53.6 Å². The summed E-state index contributed by atoms with van der Waals surface area (Å²) in [5.74, 6) is 0. The van der Waals surface area contributed by atoms with Crippen molar-refractivity contribution in [2.75, 3.05) is 31.1 Å². The van der Waals surface area contributed by atoms with E-state index >= 15 is 0 Å². The molecule has 0 spiro atoms. The molecule has 3 rings (SSSR count). The molecule has 2 N–H and O–H groups in total. The zero-order valence-electron chi connectivity index (χ0n) is 13.7. The van der Waals surface area contributed by atoms with Gasteiger partial charge in [-0.25, -0.2) is 4.79 Å². The van der Waals surface area contributed by atoms with Crippen molar-refractivity contribution < 1.29 is 9.53 Å². The fourth-order valence-electron chi connectivity index (χ4n) is 3.37. The molecule has 23 heavy (non-hydrogen) atoms. The number of hydrogen-bond donors (Lipinski definition) is 2. The molecule has 2 aliphatic rings. The fraction of sp³-hybridized carbons (Fsp3) is 0.611. The molecule has 126 valence electrons. The number of anilines is 1. The van der Waals surface area contributed by atoms with Crippen LogP contribution in [0.5, 0.6) is 0 Å². The van der Waals surface area contributed by atoms with Crippen LogP contribution in [0.15, 0.2) is 30.3 Å². The summed E-state index contributed by atoms with van der Waals surface area (Å²) in [5, 5.41) is 6.05. The Morgan fingerprint density at radius 2 is 2.09 bits per heavy atom. The Morgan fingerprint density at radius 3 is 2.87 bits per heavy atom. The Hall–Kier alpha value is -1.75. The molecule has 0 aromatic heterocycles. The van der Waals surface area contributed by atoms with Gasteiger partial charge >= 0.3 is 6.03 Å². The van der Waals surface area contributed by atoms with Crippen molar-refractivity contribution in [3.63, 3.8) is 0 Å². The second-order valence-corrected chi connectivity index (χ2v) is 6.44. The molecule has 1 aromatic carbocycles. The van der Waals surface area contributed by atoms with Crippen LogP contribution in [0, 0.1) is 0 Å². The first kappa shape index (κ1) is 16.1. The highest BCUT2D eigenvalue weighted by molar-refractivity contribution is 5.74. The van der Waals surface area contributed by atoms with Crippen molar-refractivity contribution >= 4 is 11.7 Å².